The Hall–Kier alpha value is -1.62. The average molecular weight is 222 g/mol. The molecule has 1 rings (SSSR count). The number of aromatic nitrogens is 1. The number of pyridine rings is 1. The van der Waals surface area contributed by atoms with Crippen LogP contribution in [0.4, 0.5) is 0 Å². The van der Waals surface area contributed by atoms with E-state index in [2.05, 4.69) is 21.1 Å². The zero-order chi connectivity index (χ0) is 12.0. The van der Waals surface area contributed by atoms with Gasteiger partial charge in [-0.2, -0.15) is 0 Å². The first-order chi connectivity index (χ1) is 7.61. The lowest BCUT2D eigenvalue weighted by atomic mass is 10.2. The van der Waals surface area contributed by atoms with Gasteiger partial charge >= 0.3 is 0 Å². The summed E-state index contributed by atoms with van der Waals surface area (Å²) < 4.78 is 0. The van der Waals surface area contributed by atoms with E-state index < -0.39 is 0 Å². The molecule has 0 fully saturated rings. The molecule has 0 radical (unpaired) electrons. The first-order valence-corrected chi connectivity index (χ1v) is 5.17. The quantitative estimate of drug-likeness (QED) is 0.337. The summed E-state index contributed by atoms with van der Waals surface area (Å²) in [6, 6.07) is 2.10. The van der Waals surface area contributed by atoms with Crippen LogP contribution in [0.2, 0.25) is 0 Å². The number of rotatable bonds is 5. The predicted octanol–water partition coefficient (Wildman–Crippen LogP) is 0.958. The molecule has 1 aromatic heterocycles. The van der Waals surface area contributed by atoms with Crippen molar-refractivity contribution in [2.45, 2.75) is 19.9 Å². The van der Waals surface area contributed by atoms with Crippen LogP contribution in [-0.2, 0) is 6.54 Å². The molecular formula is C11H18N4O. The molecule has 1 heterocycles. The minimum atomic E-state index is 0.259. The van der Waals surface area contributed by atoms with E-state index in [0.717, 1.165) is 18.7 Å². The number of oxime groups is 1. The lowest BCUT2D eigenvalue weighted by Gasteiger charge is -2.16. The second-order valence-corrected chi connectivity index (χ2v) is 3.95. The van der Waals surface area contributed by atoms with Crippen molar-refractivity contribution in [2.24, 2.45) is 10.9 Å². The van der Waals surface area contributed by atoms with E-state index in [9.17, 15) is 0 Å². The van der Waals surface area contributed by atoms with E-state index >= 15 is 0 Å². The minimum Gasteiger partial charge on any atom is -0.409 e. The molecule has 0 aromatic carbocycles. The fourth-order valence-corrected chi connectivity index (χ4v) is 1.45. The Labute approximate surface area is 95.6 Å². The van der Waals surface area contributed by atoms with Gasteiger partial charge in [0.1, 0.15) is 5.84 Å². The van der Waals surface area contributed by atoms with Gasteiger partial charge in [0.05, 0.1) is 0 Å². The molecule has 5 heteroatoms. The SMILES string of the molecule is Cc1cncc(CN(C)CC/C(N)=N/O)c1. The zero-order valence-electron chi connectivity index (χ0n) is 9.72. The summed E-state index contributed by atoms with van der Waals surface area (Å²) in [5, 5.41) is 11.3. The Balaban J connectivity index is 2.42. The number of hydrogen-bond donors (Lipinski definition) is 2. The Morgan fingerprint density at radius 2 is 2.31 bits per heavy atom. The third kappa shape index (κ3) is 4.27. The van der Waals surface area contributed by atoms with Crippen LogP contribution in [0.3, 0.4) is 0 Å². The molecule has 0 amide bonds. The lowest BCUT2D eigenvalue weighted by molar-refractivity contribution is 0.309. The number of nitrogens with two attached hydrogens (primary N) is 1. The maximum absolute atomic E-state index is 8.41. The molecule has 1 aromatic rings. The zero-order valence-corrected chi connectivity index (χ0v) is 9.72. The first kappa shape index (κ1) is 12.4. The van der Waals surface area contributed by atoms with Crippen molar-refractivity contribution in [3.05, 3.63) is 29.6 Å². The average Bonchev–Trinajstić information content (AvgIpc) is 2.26. The van der Waals surface area contributed by atoms with Crippen molar-refractivity contribution in [1.29, 1.82) is 0 Å². The topological polar surface area (TPSA) is 74.7 Å². The molecule has 3 N–H and O–H groups in total. The molecular weight excluding hydrogens is 204 g/mol. The maximum atomic E-state index is 8.41. The van der Waals surface area contributed by atoms with Gasteiger partial charge in [-0.15, -0.1) is 0 Å². The summed E-state index contributed by atoms with van der Waals surface area (Å²) in [5.74, 6) is 0.259. The van der Waals surface area contributed by atoms with E-state index in [4.69, 9.17) is 10.9 Å². The smallest absolute Gasteiger partial charge is 0.140 e. The van der Waals surface area contributed by atoms with Crippen molar-refractivity contribution >= 4 is 5.84 Å². The minimum absolute atomic E-state index is 0.259. The van der Waals surface area contributed by atoms with Gasteiger partial charge in [-0.05, 0) is 25.1 Å². The molecule has 0 aliphatic rings. The van der Waals surface area contributed by atoms with Gasteiger partial charge in [0.25, 0.3) is 0 Å². The molecule has 0 saturated heterocycles. The van der Waals surface area contributed by atoms with Crippen LogP contribution >= 0.6 is 0 Å². The van der Waals surface area contributed by atoms with Crippen LogP contribution < -0.4 is 5.73 Å². The second kappa shape index (κ2) is 6.07. The summed E-state index contributed by atoms with van der Waals surface area (Å²) >= 11 is 0. The summed E-state index contributed by atoms with van der Waals surface area (Å²) in [5.41, 5.74) is 7.72. The van der Waals surface area contributed by atoms with E-state index in [1.54, 1.807) is 0 Å². The Bertz CT molecular complexity index is 365. The molecule has 0 atom stereocenters. The van der Waals surface area contributed by atoms with Crippen LogP contribution in [0.1, 0.15) is 17.5 Å². The number of nitrogens with zero attached hydrogens (tertiary/aromatic N) is 3. The largest absolute Gasteiger partial charge is 0.409 e. The molecule has 88 valence electrons. The summed E-state index contributed by atoms with van der Waals surface area (Å²) in [6.45, 7) is 3.59. The van der Waals surface area contributed by atoms with Crippen molar-refractivity contribution in [3.63, 3.8) is 0 Å². The van der Waals surface area contributed by atoms with E-state index in [1.807, 2.05) is 26.4 Å². The second-order valence-electron chi connectivity index (χ2n) is 3.95. The standard InChI is InChI=1S/C11H18N4O/c1-9-5-10(7-13-6-9)8-15(2)4-3-11(12)14-16/h5-7,16H,3-4,8H2,1-2H3,(H2,12,14). The highest BCUT2D eigenvalue weighted by Crippen LogP contribution is 2.04. The van der Waals surface area contributed by atoms with Crippen LogP contribution in [0.15, 0.2) is 23.6 Å². The molecule has 5 nitrogen and oxygen atoms in total. The van der Waals surface area contributed by atoms with Crippen molar-refractivity contribution in [2.75, 3.05) is 13.6 Å². The van der Waals surface area contributed by atoms with Gasteiger partial charge in [-0.25, -0.2) is 0 Å². The summed E-state index contributed by atoms with van der Waals surface area (Å²) in [7, 11) is 1.99. The fourth-order valence-electron chi connectivity index (χ4n) is 1.45. The van der Waals surface area contributed by atoms with Gasteiger partial charge in [-0.1, -0.05) is 11.2 Å². The fraction of sp³-hybridized carbons (Fsp3) is 0.455. The summed E-state index contributed by atoms with van der Waals surface area (Å²) in [6.07, 6.45) is 4.25. The molecule has 0 bridgehead atoms. The number of aryl methyl sites for hydroxylation is 1. The van der Waals surface area contributed by atoms with E-state index in [1.165, 1.54) is 5.56 Å². The molecule has 16 heavy (non-hydrogen) atoms. The highest BCUT2D eigenvalue weighted by atomic mass is 16.4. The normalized spacial score (nSPS) is 12.1. The Kier molecular flexibility index (Phi) is 4.72. The van der Waals surface area contributed by atoms with E-state index in [-0.39, 0.29) is 5.84 Å². The highest BCUT2D eigenvalue weighted by molar-refractivity contribution is 5.79. The molecule has 0 aliphatic carbocycles. The van der Waals surface area contributed by atoms with Gasteiger partial charge in [0, 0.05) is 31.9 Å². The lowest BCUT2D eigenvalue weighted by Crippen LogP contribution is -2.24. The van der Waals surface area contributed by atoms with Crippen LogP contribution in [0, 0.1) is 6.92 Å². The monoisotopic (exact) mass is 222 g/mol. The van der Waals surface area contributed by atoms with Crippen molar-refractivity contribution < 1.29 is 5.21 Å². The Morgan fingerprint density at radius 3 is 2.94 bits per heavy atom. The van der Waals surface area contributed by atoms with Crippen LogP contribution in [0.25, 0.3) is 0 Å². The maximum Gasteiger partial charge on any atom is 0.140 e. The third-order valence-electron chi connectivity index (χ3n) is 2.26. The van der Waals surface area contributed by atoms with Crippen LogP contribution in [-0.4, -0.2) is 34.5 Å². The van der Waals surface area contributed by atoms with Crippen molar-refractivity contribution in [3.8, 4) is 0 Å². The third-order valence-corrected chi connectivity index (χ3v) is 2.26. The van der Waals surface area contributed by atoms with Gasteiger partial charge in [0.2, 0.25) is 0 Å². The number of amidine groups is 1. The van der Waals surface area contributed by atoms with E-state index in [0.29, 0.717) is 6.42 Å². The molecule has 0 unspecified atom stereocenters. The van der Waals surface area contributed by atoms with Gasteiger partial charge < -0.3 is 15.8 Å². The van der Waals surface area contributed by atoms with Crippen LogP contribution in [0.5, 0.6) is 0 Å². The predicted molar refractivity (Wildman–Crippen MR) is 63.3 cm³/mol. The summed E-state index contributed by atoms with van der Waals surface area (Å²) in [4.78, 5) is 6.24. The molecule has 0 spiro atoms. The Morgan fingerprint density at radius 1 is 1.56 bits per heavy atom. The van der Waals surface area contributed by atoms with Crippen molar-refractivity contribution in [1.82, 2.24) is 9.88 Å². The number of hydrogen-bond acceptors (Lipinski definition) is 4. The molecule has 0 aliphatic heterocycles. The highest BCUT2D eigenvalue weighted by Gasteiger charge is 2.02. The first-order valence-electron chi connectivity index (χ1n) is 5.17. The molecule has 0 saturated carbocycles. The van der Waals surface area contributed by atoms with Gasteiger partial charge in [-0.3, -0.25) is 4.98 Å². The van der Waals surface area contributed by atoms with Gasteiger partial charge in [0.15, 0.2) is 0 Å².